The summed E-state index contributed by atoms with van der Waals surface area (Å²) >= 11 is 0. The first-order valence-corrected chi connectivity index (χ1v) is 10.5. The summed E-state index contributed by atoms with van der Waals surface area (Å²) in [6, 6.07) is 12.5. The number of ether oxygens (including phenoxy) is 1. The van der Waals surface area contributed by atoms with Gasteiger partial charge in [-0.15, -0.1) is 0 Å². The van der Waals surface area contributed by atoms with Gasteiger partial charge in [0.25, 0.3) is 5.91 Å². The number of amides is 1. The maximum Gasteiger partial charge on any atom is 0.251 e. The molecule has 2 aromatic carbocycles. The number of nitrogens with zero attached hydrogens (tertiary/aromatic N) is 1. The van der Waals surface area contributed by atoms with Crippen molar-refractivity contribution in [2.45, 2.75) is 26.8 Å². The molecule has 7 heteroatoms. The number of nitrogens with one attached hydrogen (secondary N) is 1. The van der Waals surface area contributed by atoms with Crippen molar-refractivity contribution >= 4 is 21.6 Å². The Morgan fingerprint density at radius 3 is 2.37 bits per heavy atom. The minimum absolute atomic E-state index is 0.212. The smallest absolute Gasteiger partial charge is 0.251 e. The lowest BCUT2D eigenvalue weighted by atomic mass is 10.1. The Bertz CT molecular complexity index is 908. The van der Waals surface area contributed by atoms with E-state index in [0.29, 0.717) is 17.9 Å². The van der Waals surface area contributed by atoms with Crippen LogP contribution in [0.1, 0.15) is 28.4 Å². The van der Waals surface area contributed by atoms with Gasteiger partial charge in [0.15, 0.2) is 0 Å². The van der Waals surface area contributed by atoms with Crippen molar-refractivity contribution in [1.82, 2.24) is 5.32 Å². The summed E-state index contributed by atoms with van der Waals surface area (Å²) in [6.07, 6.45) is 1.13. The van der Waals surface area contributed by atoms with Gasteiger partial charge in [-0.1, -0.05) is 23.8 Å². The minimum Gasteiger partial charge on any atom is -0.491 e. The minimum atomic E-state index is -3.40. The zero-order valence-electron chi connectivity index (χ0n) is 16.3. The molecule has 27 heavy (non-hydrogen) atoms. The molecule has 0 fully saturated rings. The average molecular weight is 391 g/mol. The van der Waals surface area contributed by atoms with Crippen LogP contribution < -0.4 is 14.4 Å². The summed E-state index contributed by atoms with van der Waals surface area (Å²) in [7, 11) is -1.94. The van der Waals surface area contributed by atoms with Gasteiger partial charge in [0, 0.05) is 12.6 Å². The van der Waals surface area contributed by atoms with Crippen LogP contribution in [-0.2, 0) is 10.0 Å². The van der Waals surface area contributed by atoms with Crippen LogP contribution in [0.2, 0.25) is 0 Å². The molecule has 1 N–H and O–H groups in total. The Labute approximate surface area is 161 Å². The molecular formula is C20H26N2O4S. The van der Waals surface area contributed by atoms with Gasteiger partial charge in [-0.2, -0.15) is 0 Å². The molecule has 146 valence electrons. The summed E-state index contributed by atoms with van der Waals surface area (Å²) < 4.78 is 30.4. The van der Waals surface area contributed by atoms with Crippen molar-refractivity contribution in [2.75, 3.05) is 24.2 Å². The fourth-order valence-electron chi connectivity index (χ4n) is 2.47. The highest BCUT2D eigenvalue weighted by atomic mass is 32.2. The maximum atomic E-state index is 12.5. The molecule has 0 aliphatic heterocycles. The number of hydrogen-bond donors (Lipinski definition) is 1. The summed E-state index contributed by atoms with van der Waals surface area (Å²) in [5, 5.41) is 2.87. The van der Waals surface area contributed by atoms with E-state index < -0.39 is 10.0 Å². The first-order valence-electron chi connectivity index (χ1n) is 8.63. The van der Waals surface area contributed by atoms with Crippen molar-refractivity contribution in [3.63, 3.8) is 0 Å². The molecule has 1 atom stereocenters. The van der Waals surface area contributed by atoms with Gasteiger partial charge < -0.3 is 10.1 Å². The summed E-state index contributed by atoms with van der Waals surface area (Å²) in [6.45, 7) is 5.99. The first kappa shape index (κ1) is 20.8. The molecular weight excluding hydrogens is 364 g/mol. The van der Waals surface area contributed by atoms with E-state index in [4.69, 9.17) is 4.74 Å². The van der Waals surface area contributed by atoms with E-state index in [2.05, 4.69) is 5.32 Å². The van der Waals surface area contributed by atoms with E-state index in [1.165, 1.54) is 11.4 Å². The summed E-state index contributed by atoms with van der Waals surface area (Å²) in [4.78, 5) is 12.5. The second kappa shape index (κ2) is 8.43. The molecule has 0 saturated carbocycles. The molecule has 0 aliphatic carbocycles. The van der Waals surface area contributed by atoms with Crippen LogP contribution in [-0.4, -0.2) is 40.3 Å². The van der Waals surface area contributed by atoms with Gasteiger partial charge in [-0.05, 0) is 50.6 Å². The molecule has 0 heterocycles. The van der Waals surface area contributed by atoms with Crippen LogP contribution in [0, 0.1) is 13.8 Å². The highest BCUT2D eigenvalue weighted by Crippen LogP contribution is 2.22. The number of benzene rings is 2. The highest BCUT2D eigenvalue weighted by Gasteiger charge is 2.17. The number of rotatable bonds is 7. The van der Waals surface area contributed by atoms with Crippen LogP contribution >= 0.6 is 0 Å². The second-order valence-electron chi connectivity index (χ2n) is 6.73. The Balaban J connectivity index is 2.03. The Kier molecular flexibility index (Phi) is 6.49. The molecule has 0 spiro atoms. The van der Waals surface area contributed by atoms with Gasteiger partial charge in [-0.3, -0.25) is 9.10 Å². The van der Waals surface area contributed by atoms with Gasteiger partial charge in [0.1, 0.15) is 12.4 Å². The summed E-state index contributed by atoms with van der Waals surface area (Å²) in [5.41, 5.74) is 2.80. The molecule has 2 aromatic rings. The lowest BCUT2D eigenvalue weighted by Crippen LogP contribution is -2.37. The van der Waals surface area contributed by atoms with Crippen molar-refractivity contribution < 1.29 is 17.9 Å². The standard InChI is InChI=1S/C20H26N2O4S/c1-14-6-10-18(11-7-14)26-13-16(3)21-20(23)17-9-8-15(2)19(12-17)22(4)27(5,24)25/h6-12,16H,13H2,1-5H3,(H,21,23)/t16-/m0/s1. The third kappa shape index (κ3) is 5.72. The number of carbonyl (C=O) groups excluding carboxylic acids is 1. The average Bonchev–Trinajstić information content (AvgIpc) is 2.60. The van der Waals surface area contributed by atoms with Gasteiger partial charge in [-0.25, -0.2) is 8.42 Å². The molecule has 6 nitrogen and oxygen atoms in total. The number of aryl methyl sites for hydroxylation is 2. The van der Waals surface area contributed by atoms with Gasteiger partial charge >= 0.3 is 0 Å². The number of anilines is 1. The van der Waals surface area contributed by atoms with Crippen molar-refractivity contribution in [3.05, 3.63) is 59.2 Å². The molecule has 0 radical (unpaired) electrons. The maximum absolute atomic E-state index is 12.5. The number of carbonyl (C=O) groups is 1. The first-order chi connectivity index (χ1) is 12.6. The zero-order chi connectivity index (χ0) is 20.2. The van der Waals surface area contributed by atoms with Crippen LogP contribution in [0.3, 0.4) is 0 Å². The van der Waals surface area contributed by atoms with Gasteiger partial charge in [0.05, 0.1) is 18.0 Å². The van der Waals surface area contributed by atoms with E-state index in [9.17, 15) is 13.2 Å². The van der Waals surface area contributed by atoms with E-state index in [1.54, 1.807) is 25.1 Å². The van der Waals surface area contributed by atoms with Crippen LogP contribution in [0.4, 0.5) is 5.69 Å². The van der Waals surface area contributed by atoms with E-state index >= 15 is 0 Å². The topological polar surface area (TPSA) is 75.7 Å². The predicted octanol–water partition coefficient (Wildman–Crippen LogP) is 2.90. The number of sulfonamides is 1. The summed E-state index contributed by atoms with van der Waals surface area (Å²) in [5.74, 6) is 0.465. The number of hydrogen-bond acceptors (Lipinski definition) is 4. The lowest BCUT2D eigenvalue weighted by molar-refractivity contribution is 0.0926. The largest absolute Gasteiger partial charge is 0.491 e. The second-order valence-corrected chi connectivity index (χ2v) is 8.74. The Morgan fingerprint density at radius 1 is 1.15 bits per heavy atom. The third-order valence-corrected chi connectivity index (χ3v) is 5.40. The molecule has 0 saturated heterocycles. The molecule has 0 aliphatic rings. The molecule has 2 rings (SSSR count). The zero-order valence-corrected chi connectivity index (χ0v) is 17.1. The van der Waals surface area contributed by atoms with Crippen molar-refractivity contribution in [1.29, 1.82) is 0 Å². The molecule has 0 bridgehead atoms. The fourth-order valence-corrected chi connectivity index (χ4v) is 3.03. The van der Waals surface area contributed by atoms with Crippen molar-refractivity contribution in [2.24, 2.45) is 0 Å². The lowest BCUT2D eigenvalue weighted by Gasteiger charge is -2.20. The Morgan fingerprint density at radius 2 is 1.78 bits per heavy atom. The highest BCUT2D eigenvalue weighted by molar-refractivity contribution is 7.92. The molecule has 0 unspecified atom stereocenters. The van der Waals surface area contributed by atoms with E-state index in [1.807, 2.05) is 38.1 Å². The third-order valence-electron chi connectivity index (χ3n) is 4.21. The quantitative estimate of drug-likeness (QED) is 0.789. The molecule has 0 aromatic heterocycles. The fraction of sp³-hybridized carbons (Fsp3) is 0.350. The monoisotopic (exact) mass is 390 g/mol. The normalized spacial score (nSPS) is 12.3. The molecule has 1 amide bonds. The van der Waals surface area contributed by atoms with E-state index in [0.717, 1.165) is 23.1 Å². The SMILES string of the molecule is Cc1ccc(OC[C@H](C)NC(=O)c2ccc(C)c(N(C)S(C)(=O)=O)c2)cc1. The van der Waals surface area contributed by atoms with Crippen molar-refractivity contribution in [3.8, 4) is 5.75 Å². The van der Waals surface area contributed by atoms with Gasteiger partial charge in [0.2, 0.25) is 10.0 Å². The van der Waals surface area contributed by atoms with Crippen LogP contribution in [0.25, 0.3) is 0 Å². The van der Waals surface area contributed by atoms with E-state index in [-0.39, 0.29) is 11.9 Å². The van der Waals surface area contributed by atoms with Crippen LogP contribution in [0.15, 0.2) is 42.5 Å². The predicted molar refractivity (Wildman–Crippen MR) is 108 cm³/mol. The Hall–Kier alpha value is -2.54. The van der Waals surface area contributed by atoms with Crippen LogP contribution in [0.5, 0.6) is 5.75 Å².